The average Bonchev–Trinajstić information content (AvgIpc) is 2.80. The Balaban J connectivity index is 1.95. The standard InChI is InChI=1S/C12H16N2O2S/c1-2-8-5-6-17-11(8)12(16)14-9-3-4-10(15)13-7-9/h5-6,9H,2-4,7H2,1H3,(H,13,15)(H,14,16). The normalized spacial score (nSPS) is 19.8. The molecule has 1 aromatic heterocycles. The maximum absolute atomic E-state index is 12.0. The van der Waals surface area contributed by atoms with E-state index in [0.717, 1.165) is 23.3 Å². The van der Waals surface area contributed by atoms with Crippen LogP contribution in [0.4, 0.5) is 0 Å². The van der Waals surface area contributed by atoms with Gasteiger partial charge in [0, 0.05) is 19.0 Å². The molecule has 1 fully saturated rings. The fourth-order valence-electron chi connectivity index (χ4n) is 1.92. The van der Waals surface area contributed by atoms with E-state index in [4.69, 9.17) is 0 Å². The van der Waals surface area contributed by atoms with Crippen LogP contribution in [0.3, 0.4) is 0 Å². The van der Waals surface area contributed by atoms with Crippen molar-refractivity contribution in [3.8, 4) is 0 Å². The fourth-order valence-corrected chi connectivity index (χ4v) is 2.82. The van der Waals surface area contributed by atoms with Crippen molar-refractivity contribution in [2.24, 2.45) is 0 Å². The molecular formula is C12H16N2O2S. The van der Waals surface area contributed by atoms with Crippen LogP contribution in [0, 0.1) is 0 Å². The lowest BCUT2D eigenvalue weighted by Crippen LogP contribution is -2.47. The highest BCUT2D eigenvalue weighted by Gasteiger charge is 2.21. The van der Waals surface area contributed by atoms with Gasteiger partial charge in [-0.3, -0.25) is 9.59 Å². The monoisotopic (exact) mass is 252 g/mol. The van der Waals surface area contributed by atoms with Crippen LogP contribution in [0.1, 0.15) is 35.0 Å². The molecule has 2 heterocycles. The van der Waals surface area contributed by atoms with E-state index in [9.17, 15) is 9.59 Å². The second-order valence-corrected chi connectivity index (χ2v) is 5.06. The summed E-state index contributed by atoms with van der Waals surface area (Å²) >= 11 is 1.47. The molecule has 17 heavy (non-hydrogen) atoms. The second-order valence-electron chi connectivity index (χ2n) is 4.14. The van der Waals surface area contributed by atoms with E-state index in [1.807, 2.05) is 18.4 Å². The van der Waals surface area contributed by atoms with Gasteiger partial charge < -0.3 is 10.6 Å². The van der Waals surface area contributed by atoms with Gasteiger partial charge in [0.1, 0.15) is 0 Å². The Kier molecular flexibility index (Phi) is 3.78. The van der Waals surface area contributed by atoms with Gasteiger partial charge in [-0.1, -0.05) is 6.92 Å². The molecule has 2 rings (SSSR count). The molecule has 1 aromatic rings. The number of amides is 2. The maximum atomic E-state index is 12.0. The molecule has 2 amide bonds. The second kappa shape index (κ2) is 5.31. The molecule has 1 saturated heterocycles. The number of hydrogen-bond donors (Lipinski definition) is 2. The summed E-state index contributed by atoms with van der Waals surface area (Å²) in [4.78, 5) is 23.8. The van der Waals surface area contributed by atoms with Crippen molar-refractivity contribution < 1.29 is 9.59 Å². The summed E-state index contributed by atoms with van der Waals surface area (Å²) in [5.41, 5.74) is 1.09. The summed E-state index contributed by atoms with van der Waals surface area (Å²) in [5.74, 6) is 0.0545. The zero-order valence-electron chi connectivity index (χ0n) is 9.79. The largest absolute Gasteiger partial charge is 0.354 e. The molecule has 2 N–H and O–H groups in total. The van der Waals surface area contributed by atoms with Crippen molar-refractivity contribution >= 4 is 23.2 Å². The minimum absolute atomic E-state index is 0.0157. The van der Waals surface area contributed by atoms with Gasteiger partial charge in [-0.15, -0.1) is 11.3 Å². The van der Waals surface area contributed by atoms with Crippen molar-refractivity contribution in [3.63, 3.8) is 0 Å². The first kappa shape index (κ1) is 12.1. The fraction of sp³-hybridized carbons (Fsp3) is 0.500. The number of rotatable bonds is 3. The Morgan fingerprint density at radius 3 is 3.12 bits per heavy atom. The molecule has 4 nitrogen and oxygen atoms in total. The highest BCUT2D eigenvalue weighted by molar-refractivity contribution is 7.12. The van der Waals surface area contributed by atoms with Crippen LogP contribution < -0.4 is 10.6 Å². The zero-order valence-corrected chi connectivity index (χ0v) is 10.6. The van der Waals surface area contributed by atoms with Crippen LogP contribution in [-0.4, -0.2) is 24.4 Å². The van der Waals surface area contributed by atoms with Crippen LogP contribution in [0.25, 0.3) is 0 Å². The predicted molar refractivity (Wildman–Crippen MR) is 67.2 cm³/mol. The van der Waals surface area contributed by atoms with Gasteiger partial charge in [0.05, 0.1) is 4.88 Å². The van der Waals surface area contributed by atoms with Gasteiger partial charge in [0.15, 0.2) is 0 Å². The number of carbonyl (C=O) groups excluding carboxylic acids is 2. The van der Waals surface area contributed by atoms with Gasteiger partial charge in [-0.05, 0) is 29.9 Å². The van der Waals surface area contributed by atoms with Crippen molar-refractivity contribution in [2.75, 3.05) is 6.54 Å². The maximum Gasteiger partial charge on any atom is 0.261 e. The minimum atomic E-state index is -0.0157. The number of thiophene rings is 1. The molecule has 0 spiro atoms. The van der Waals surface area contributed by atoms with Gasteiger partial charge >= 0.3 is 0 Å². The molecule has 92 valence electrons. The highest BCUT2D eigenvalue weighted by Crippen LogP contribution is 2.17. The summed E-state index contributed by atoms with van der Waals surface area (Å²) in [6.07, 6.45) is 2.09. The number of hydrogen-bond acceptors (Lipinski definition) is 3. The Morgan fingerprint density at radius 2 is 2.47 bits per heavy atom. The third-order valence-electron chi connectivity index (χ3n) is 2.93. The summed E-state index contributed by atoms with van der Waals surface area (Å²) in [5, 5.41) is 7.68. The van der Waals surface area contributed by atoms with E-state index < -0.39 is 0 Å². The third kappa shape index (κ3) is 2.85. The summed E-state index contributed by atoms with van der Waals surface area (Å²) < 4.78 is 0. The van der Waals surface area contributed by atoms with Crippen molar-refractivity contribution in [1.29, 1.82) is 0 Å². The summed E-state index contributed by atoms with van der Waals surface area (Å²) in [6.45, 7) is 2.58. The van der Waals surface area contributed by atoms with Crippen molar-refractivity contribution in [2.45, 2.75) is 32.2 Å². The molecule has 0 aromatic carbocycles. The SMILES string of the molecule is CCc1ccsc1C(=O)NC1CCC(=O)NC1. The van der Waals surface area contributed by atoms with E-state index in [0.29, 0.717) is 13.0 Å². The van der Waals surface area contributed by atoms with Crippen LogP contribution in [0.2, 0.25) is 0 Å². The van der Waals surface area contributed by atoms with Crippen molar-refractivity contribution in [1.82, 2.24) is 10.6 Å². The van der Waals surface area contributed by atoms with Gasteiger partial charge in [-0.25, -0.2) is 0 Å². The molecule has 0 bridgehead atoms. The Morgan fingerprint density at radius 1 is 1.65 bits per heavy atom. The molecule has 1 unspecified atom stereocenters. The Hall–Kier alpha value is -1.36. The average molecular weight is 252 g/mol. The molecule has 1 aliphatic rings. The zero-order chi connectivity index (χ0) is 12.3. The highest BCUT2D eigenvalue weighted by atomic mass is 32.1. The van der Waals surface area contributed by atoms with Crippen LogP contribution in [0.15, 0.2) is 11.4 Å². The molecular weight excluding hydrogens is 236 g/mol. The smallest absolute Gasteiger partial charge is 0.261 e. The first-order valence-corrected chi connectivity index (χ1v) is 6.72. The lowest BCUT2D eigenvalue weighted by Gasteiger charge is -2.23. The van der Waals surface area contributed by atoms with Gasteiger partial charge in [0.2, 0.25) is 5.91 Å². The Bertz CT molecular complexity index is 418. The lowest BCUT2D eigenvalue weighted by molar-refractivity contribution is -0.122. The van der Waals surface area contributed by atoms with E-state index in [1.165, 1.54) is 11.3 Å². The number of carbonyl (C=O) groups is 2. The predicted octanol–water partition coefficient (Wildman–Crippen LogP) is 1.32. The van der Waals surface area contributed by atoms with E-state index in [1.54, 1.807) is 0 Å². The Labute approximate surface area is 104 Å². The van der Waals surface area contributed by atoms with Crippen LogP contribution in [-0.2, 0) is 11.2 Å². The van der Waals surface area contributed by atoms with E-state index >= 15 is 0 Å². The molecule has 1 aliphatic heterocycles. The minimum Gasteiger partial charge on any atom is -0.354 e. The van der Waals surface area contributed by atoms with Crippen LogP contribution >= 0.6 is 11.3 Å². The van der Waals surface area contributed by atoms with Crippen LogP contribution in [0.5, 0.6) is 0 Å². The lowest BCUT2D eigenvalue weighted by atomic mass is 10.1. The summed E-state index contributed by atoms with van der Waals surface area (Å²) in [6, 6.07) is 2.05. The third-order valence-corrected chi connectivity index (χ3v) is 3.89. The van der Waals surface area contributed by atoms with Crippen molar-refractivity contribution in [3.05, 3.63) is 21.9 Å². The quantitative estimate of drug-likeness (QED) is 0.852. The molecule has 0 aliphatic carbocycles. The number of aryl methyl sites for hydroxylation is 1. The van der Waals surface area contributed by atoms with E-state index in [-0.39, 0.29) is 17.9 Å². The molecule has 5 heteroatoms. The topological polar surface area (TPSA) is 58.2 Å². The first-order chi connectivity index (χ1) is 8.20. The first-order valence-electron chi connectivity index (χ1n) is 5.84. The van der Waals surface area contributed by atoms with Gasteiger partial charge in [-0.2, -0.15) is 0 Å². The molecule has 0 saturated carbocycles. The summed E-state index contributed by atoms with van der Waals surface area (Å²) in [7, 11) is 0. The van der Waals surface area contributed by atoms with Gasteiger partial charge in [0.25, 0.3) is 5.91 Å². The van der Waals surface area contributed by atoms with E-state index in [2.05, 4.69) is 10.6 Å². The molecule has 1 atom stereocenters. The number of nitrogens with one attached hydrogen (secondary N) is 2. The molecule has 0 radical (unpaired) electrons. The number of piperidine rings is 1.